The molecule has 0 bridgehead atoms. The van der Waals surface area contributed by atoms with Crippen molar-refractivity contribution < 1.29 is 24.1 Å². The number of methoxy groups -OCH3 is 2. The summed E-state index contributed by atoms with van der Waals surface area (Å²) in [5, 5.41) is 13.9. The number of carbonyl (C=O) groups is 1. The minimum atomic E-state index is -1.03. The van der Waals surface area contributed by atoms with Crippen LogP contribution >= 0.6 is 11.6 Å². The Labute approximate surface area is 168 Å². The van der Waals surface area contributed by atoms with E-state index in [0.717, 1.165) is 11.1 Å². The normalized spacial score (nSPS) is 21.3. The van der Waals surface area contributed by atoms with Crippen LogP contribution in [0, 0.1) is 5.92 Å². The zero-order valence-electron chi connectivity index (χ0n) is 16.1. The molecule has 28 heavy (non-hydrogen) atoms. The van der Waals surface area contributed by atoms with Gasteiger partial charge in [-0.2, -0.15) is 0 Å². The number of hydrogen-bond donors (Lipinski definition) is 2. The molecule has 0 spiro atoms. The van der Waals surface area contributed by atoms with E-state index in [0.29, 0.717) is 34.6 Å². The Kier molecular flexibility index (Phi) is 4.34. The molecule has 2 aliphatic rings. The van der Waals surface area contributed by atoms with Crippen molar-refractivity contribution in [1.29, 1.82) is 0 Å². The summed E-state index contributed by atoms with van der Waals surface area (Å²) >= 11 is 6.33. The fraction of sp³-hybridized carbons (Fsp3) is 0.381. The Morgan fingerprint density at radius 2 is 2.07 bits per heavy atom. The quantitative estimate of drug-likeness (QED) is 0.785. The van der Waals surface area contributed by atoms with Gasteiger partial charge >= 0.3 is 5.97 Å². The third kappa shape index (κ3) is 2.51. The third-order valence-electron chi connectivity index (χ3n) is 5.91. The highest BCUT2D eigenvalue weighted by Crippen LogP contribution is 2.57. The van der Waals surface area contributed by atoms with Gasteiger partial charge in [0.2, 0.25) is 0 Å². The van der Waals surface area contributed by atoms with Gasteiger partial charge in [-0.15, -0.1) is 0 Å². The van der Waals surface area contributed by atoms with Gasteiger partial charge in [0.15, 0.2) is 11.5 Å². The van der Waals surface area contributed by atoms with Crippen LogP contribution in [0.1, 0.15) is 41.4 Å². The number of hydrogen-bond acceptors (Lipinski definition) is 5. The number of fused-ring (bicyclic) bond motifs is 4. The lowest BCUT2D eigenvalue weighted by Crippen LogP contribution is -2.47. The van der Waals surface area contributed by atoms with Gasteiger partial charge in [0.05, 0.1) is 43.1 Å². The monoisotopic (exact) mass is 403 g/mol. The number of rotatable bonds is 3. The fourth-order valence-electron chi connectivity index (χ4n) is 4.48. The van der Waals surface area contributed by atoms with Gasteiger partial charge in [0.1, 0.15) is 5.75 Å². The first kappa shape index (κ1) is 18.7. The first-order valence-corrected chi connectivity index (χ1v) is 9.39. The second-order valence-electron chi connectivity index (χ2n) is 7.63. The van der Waals surface area contributed by atoms with Crippen molar-refractivity contribution in [2.24, 2.45) is 5.92 Å². The van der Waals surface area contributed by atoms with Crippen LogP contribution in [0.4, 0.5) is 5.69 Å². The Hall–Kier alpha value is -2.60. The fourth-order valence-corrected chi connectivity index (χ4v) is 4.72. The number of halogens is 1. The van der Waals surface area contributed by atoms with Gasteiger partial charge in [-0.3, -0.25) is 0 Å². The number of benzene rings is 2. The van der Waals surface area contributed by atoms with Gasteiger partial charge in [-0.1, -0.05) is 37.6 Å². The van der Waals surface area contributed by atoms with Gasteiger partial charge < -0.3 is 24.6 Å². The summed E-state index contributed by atoms with van der Waals surface area (Å²) in [4.78, 5) is 12.0. The van der Waals surface area contributed by atoms with E-state index in [2.05, 4.69) is 19.2 Å². The van der Waals surface area contributed by atoms with E-state index < -0.39 is 11.4 Å². The molecule has 0 saturated heterocycles. The van der Waals surface area contributed by atoms with Crippen molar-refractivity contribution in [3.8, 4) is 17.2 Å². The SMILES string of the molecule is COc1cc(C(=O)O)c2c(c1OC)C(C)(C)[C@@H]1COc3c(Cl)cccc3[C@H]1N2. The van der Waals surface area contributed by atoms with Crippen molar-refractivity contribution in [3.63, 3.8) is 0 Å². The molecule has 7 heteroatoms. The highest BCUT2D eigenvalue weighted by molar-refractivity contribution is 6.32. The number of carboxylic acid groups (broad SMARTS) is 1. The molecule has 2 aromatic carbocycles. The summed E-state index contributed by atoms with van der Waals surface area (Å²) in [6, 6.07) is 7.00. The van der Waals surface area contributed by atoms with E-state index in [-0.39, 0.29) is 17.5 Å². The van der Waals surface area contributed by atoms with Gasteiger partial charge in [-0.25, -0.2) is 4.79 Å². The molecule has 0 unspecified atom stereocenters. The summed E-state index contributed by atoms with van der Waals surface area (Å²) in [6.45, 7) is 4.61. The molecule has 0 amide bonds. The number of para-hydroxylation sites is 1. The molecule has 0 aromatic heterocycles. The van der Waals surface area contributed by atoms with Crippen LogP contribution in [0.15, 0.2) is 24.3 Å². The highest BCUT2D eigenvalue weighted by Gasteiger charge is 2.49. The Bertz CT molecular complexity index is 972. The predicted octanol–water partition coefficient (Wildman–Crippen LogP) is 4.51. The zero-order valence-corrected chi connectivity index (χ0v) is 16.9. The number of carboxylic acids is 1. The van der Waals surface area contributed by atoms with Gasteiger partial charge in [0.25, 0.3) is 0 Å². The number of nitrogens with one attached hydrogen (secondary N) is 1. The standard InChI is InChI=1S/C21H22ClNO5/c1-21(2)12-9-28-18-10(6-5-7-13(18)22)16(12)23-17-11(20(24)25)8-14(26-3)19(27-4)15(17)21/h5-8,12,16,23H,9H2,1-4H3,(H,24,25)/t12-,16-/m1/s1. The molecule has 0 aliphatic carbocycles. The minimum Gasteiger partial charge on any atom is -0.493 e. The molecule has 2 atom stereocenters. The van der Waals surface area contributed by atoms with E-state index in [1.165, 1.54) is 13.2 Å². The molecule has 2 aliphatic heterocycles. The van der Waals surface area contributed by atoms with E-state index in [9.17, 15) is 9.90 Å². The van der Waals surface area contributed by atoms with Crippen molar-refractivity contribution in [2.45, 2.75) is 25.3 Å². The average molecular weight is 404 g/mol. The van der Waals surface area contributed by atoms with Gasteiger partial charge in [-0.05, 0) is 6.07 Å². The predicted molar refractivity (Wildman–Crippen MR) is 106 cm³/mol. The van der Waals surface area contributed by atoms with Crippen LogP contribution in [0.25, 0.3) is 0 Å². The van der Waals surface area contributed by atoms with E-state index in [1.54, 1.807) is 13.2 Å². The molecule has 0 saturated carbocycles. The van der Waals surface area contributed by atoms with Crippen LogP contribution in [-0.4, -0.2) is 31.9 Å². The zero-order chi connectivity index (χ0) is 20.2. The Morgan fingerprint density at radius 1 is 1.32 bits per heavy atom. The maximum absolute atomic E-state index is 12.0. The summed E-state index contributed by atoms with van der Waals surface area (Å²) in [5.41, 5.74) is 1.95. The van der Waals surface area contributed by atoms with Crippen molar-refractivity contribution in [1.82, 2.24) is 0 Å². The average Bonchev–Trinajstić information content (AvgIpc) is 2.66. The largest absolute Gasteiger partial charge is 0.493 e. The van der Waals surface area contributed by atoms with Crippen LogP contribution in [0.5, 0.6) is 17.2 Å². The van der Waals surface area contributed by atoms with Crippen LogP contribution in [0.3, 0.4) is 0 Å². The summed E-state index contributed by atoms with van der Waals surface area (Å²) < 4.78 is 17.1. The van der Waals surface area contributed by atoms with Crippen LogP contribution < -0.4 is 19.5 Å². The second kappa shape index (κ2) is 6.48. The van der Waals surface area contributed by atoms with Crippen LogP contribution in [-0.2, 0) is 5.41 Å². The molecular weight excluding hydrogens is 382 g/mol. The molecule has 0 radical (unpaired) electrons. The number of aromatic carboxylic acids is 1. The maximum Gasteiger partial charge on any atom is 0.337 e. The van der Waals surface area contributed by atoms with E-state index in [1.807, 2.05) is 12.1 Å². The van der Waals surface area contributed by atoms with Crippen molar-refractivity contribution in [3.05, 3.63) is 46.0 Å². The maximum atomic E-state index is 12.0. The molecule has 4 rings (SSSR count). The lowest BCUT2D eigenvalue weighted by molar-refractivity contribution is 0.0696. The van der Waals surface area contributed by atoms with Crippen LogP contribution in [0.2, 0.25) is 5.02 Å². The summed E-state index contributed by atoms with van der Waals surface area (Å²) in [7, 11) is 3.07. The van der Waals surface area contributed by atoms with Crippen molar-refractivity contribution in [2.75, 3.05) is 26.1 Å². The minimum absolute atomic E-state index is 0.0358. The highest BCUT2D eigenvalue weighted by atomic mass is 35.5. The number of anilines is 1. The smallest absolute Gasteiger partial charge is 0.337 e. The Morgan fingerprint density at radius 3 is 2.71 bits per heavy atom. The Balaban J connectivity index is 2.00. The lowest BCUT2D eigenvalue weighted by atomic mass is 9.64. The summed E-state index contributed by atoms with van der Waals surface area (Å²) in [6.07, 6.45) is 0. The second-order valence-corrected chi connectivity index (χ2v) is 8.04. The lowest BCUT2D eigenvalue weighted by Gasteiger charge is -2.49. The first-order chi connectivity index (χ1) is 13.3. The molecular formula is C21H22ClNO5. The number of ether oxygens (including phenoxy) is 3. The van der Waals surface area contributed by atoms with E-state index >= 15 is 0 Å². The molecule has 0 fully saturated rings. The van der Waals surface area contributed by atoms with Crippen molar-refractivity contribution >= 4 is 23.3 Å². The van der Waals surface area contributed by atoms with E-state index in [4.69, 9.17) is 25.8 Å². The topological polar surface area (TPSA) is 77.0 Å². The first-order valence-electron chi connectivity index (χ1n) is 9.01. The molecule has 2 heterocycles. The molecule has 148 valence electrons. The molecule has 2 aromatic rings. The van der Waals surface area contributed by atoms with Gasteiger partial charge in [0, 0.05) is 28.5 Å². The molecule has 2 N–H and O–H groups in total. The third-order valence-corrected chi connectivity index (χ3v) is 6.21. The summed E-state index contributed by atoms with van der Waals surface area (Å²) in [5.74, 6) is 0.586. The molecule has 6 nitrogen and oxygen atoms in total.